The fourth-order valence-electron chi connectivity index (χ4n) is 0.868. The van der Waals surface area contributed by atoms with Crippen LogP contribution >= 0.6 is 27.5 Å². The van der Waals surface area contributed by atoms with Crippen LogP contribution in [0.25, 0.3) is 0 Å². The highest BCUT2D eigenvalue weighted by molar-refractivity contribution is 9.10. The molecule has 0 saturated carbocycles. The van der Waals surface area contributed by atoms with E-state index in [1.807, 2.05) is 0 Å². The fraction of sp³-hybridized carbons (Fsp3) is 0.500. The molecule has 0 aliphatic carbocycles. The highest BCUT2D eigenvalue weighted by Gasteiger charge is 1.96. The van der Waals surface area contributed by atoms with E-state index in [0.717, 1.165) is 13.2 Å². The van der Waals surface area contributed by atoms with Crippen molar-refractivity contribution in [3.63, 3.8) is 0 Å². The Morgan fingerprint density at radius 2 is 2.07 bits per heavy atom. The molecule has 2 rings (SSSR count). The number of rotatable bonds is 0. The summed E-state index contributed by atoms with van der Waals surface area (Å²) in [5, 5.41) is 0.163. The lowest BCUT2D eigenvalue weighted by Gasteiger charge is -1.93. The molecule has 0 atom stereocenters. The molecule has 2 heterocycles. The summed E-state index contributed by atoms with van der Waals surface area (Å²) in [4.78, 5) is 7.33. The Hall–Kier alpha value is -0.390. The van der Waals surface area contributed by atoms with E-state index in [2.05, 4.69) is 25.9 Å². The molecule has 1 saturated heterocycles. The monoisotopic (exact) mass is 279 g/mol. The third-order valence-corrected chi connectivity index (χ3v) is 2.36. The molecule has 0 unspecified atom stereocenters. The molecule has 0 amide bonds. The standard InChI is InChI=1S/C4H3BrClN3.C4H8O/c5-2-1-8-4(6)9-3(2)7;1-2-4-5-3-1/h1H,(H2,7,8,9);1-4H2. The van der Waals surface area contributed by atoms with E-state index in [1.54, 1.807) is 0 Å². The second-order valence-electron chi connectivity index (χ2n) is 2.69. The average molecular weight is 281 g/mol. The van der Waals surface area contributed by atoms with Crippen LogP contribution in [0.2, 0.25) is 5.28 Å². The van der Waals surface area contributed by atoms with Gasteiger partial charge in [-0.15, -0.1) is 0 Å². The predicted molar refractivity (Wildman–Crippen MR) is 59.2 cm³/mol. The van der Waals surface area contributed by atoms with Gasteiger partial charge in [-0.25, -0.2) is 4.98 Å². The summed E-state index contributed by atoms with van der Waals surface area (Å²) in [5.41, 5.74) is 5.34. The summed E-state index contributed by atoms with van der Waals surface area (Å²) in [6.07, 6.45) is 4.06. The van der Waals surface area contributed by atoms with E-state index in [-0.39, 0.29) is 5.28 Å². The molecule has 14 heavy (non-hydrogen) atoms. The Bertz CT molecular complexity index is 286. The molecule has 1 fully saturated rings. The zero-order chi connectivity index (χ0) is 10.4. The topological polar surface area (TPSA) is 61.0 Å². The van der Waals surface area contributed by atoms with Gasteiger partial charge >= 0.3 is 0 Å². The number of anilines is 1. The zero-order valence-corrected chi connectivity index (χ0v) is 9.88. The van der Waals surface area contributed by atoms with Crippen molar-refractivity contribution in [3.05, 3.63) is 16.0 Å². The van der Waals surface area contributed by atoms with Gasteiger partial charge in [0, 0.05) is 19.4 Å². The van der Waals surface area contributed by atoms with E-state index in [4.69, 9.17) is 22.1 Å². The minimum absolute atomic E-state index is 0.163. The molecule has 1 aromatic heterocycles. The van der Waals surface area contributed by atoms with Crippen LogP contribution in [-0.4, -0.2) is 23.2 Å². The summed E-state index contributed by atoms with van der Waals surface area (Å²) in [7, 11) is 0. The van der Waals surface area contributed by atoms with E-state index in [1.165, 1.54) is 19.0 Å². The first kappa shape index (κ1) is 11.7. The summed E-state index contributed by atoms with van der Waals surface area (Å²) < 4.78 is 5.60. The van der Waals surface area contributed by atoms with Crippen LogP contribution < -0.4 is 5.73 Å². The molecule has 1 aliphatic rings. The Balaban J connectivity index is 0.000000165. The van der Waals surface area contributed by atoms with Crippen molar-refractivity contribution >= 4 is 33.3 Å². The highest BCUT2D eigenvalue weighted by atomic mass is 79.9. The fourth-order valence-corrected chi connectivity index (χ4v) is 1.20. The van der Waals surface area contributed by atoms with Crippen LogP contribution in [0.15, 0.2) is 10.7 Å². The molecular weight excluding hydrogens is 269 g/mol. The Labute approximate surface area is 96.0 Å². The zero-order valence-electron chi connectivity index (χ0n) is 7.54. The van der Waals surface area contributed by atoms with E-state index in [9.17, 15) is 0 Å². The number of hydrogen-bond acceptors (Lipinski definition) is 4. The first-order valence-electron chi connectivity index (χ1n) is 4.21. The second kappa shape index (κ2) is 6.16. The third kappa shape index (κ3) is 4.21. The number of halogens is 2. The van der Waals surface area contributed by atoms with Crippen LogP contribution in [-0.2, 0) is 4.74 Å². The summed E-state index contributed by atoms with van der Waals surface area (Å²) in [5.74, 6) is 0.356. The van der Waals surface area contributed by atoms with E-state index in [0.29, 0.717) is 10.3 Å². The molecular formula is C8H11BrClN3O. The maximum atomic E-state index is 5.39. The smallest absolute Gasteiger partial charge is 0.224 e. The van der Waals surface area contributed by atoms with Crippen molar-refractivity contribution < 1.29 is 4.74 Å². The minimum atomic E-state index is 0.163. The molecule has 0 spiro atoms. The van der Waals surface area contributed by atoms with Crippen molar-refractivity contribution in [1.29, 1.82) is 0 Å². The number of nitrogens with zero attached hydrogens (tertiary/aromatic N) is 2. The summed E-state index contributed by atoms with van der Waals surface area (Å²) in [6.45, 7) is 2.00. The van der Waals surface area contributed by atoms with Crippen molar-refractivity contribution in [3.8, 4) is 0 Å². The molecule has 0 aromatic carbocycles. The van der Waals surface area contributed by atoms with Crippen LogP contribution in [0, 0.1) is 0 Å². The van der Waals surface area contributed by atoms with Crippen LogP contribution in [0.1, 0.15) is 12.8 Å². The van der Waals surface area contributed by atoms with Gasteiger partial charge in [-0.2, -0.15) is 4.98 Å². The molecule has 6 heteroatoms. The first-order valence-corrected chi connectivity index (χ1v) is 5.38. The normalized spacial score (nSPS) is 14.7. The van der Waals surface area contributed by atoms with Gasteiger partial charge in [0.15, 0.2) is 0 Å². The molecule has 0 bridgehead atoms. The number of hydrogen-bond donors (Lipinski definition) is 1. The number of nitrogen functional groups attached to an aromatic ring is 1. The SMILES string of the molecule is C1CCOC1.Nc1nc(Cl)ncc1Br. The quantitative estimate of drug-likeness (QED) is 0.741. The van der Waals surface area contributed by atoms with Gasteiger partial charge in [0.1, 0.15) is 5.82 Å². The van der Waals surface area contributed by atoms with Crippen molar-refractivity contribution in [1.82, 2.24) is 9.97 Å². The molecule has 1 aromatic rings. The van der Waals surface area contributed by atoms with E-state index < -0.39 is 0 Å². The van der Waals surface area contributed by atoms with Gasteiger partial charge in [0.2, 0.25) is 5.28 Å². The predicted octanol–water partition coefficient (Wildman–Crippen LogP) is 2.27. The first-order chi connectivity index (χ1) is 6.70. The average Bonchev–Trinajstić information content (AvgIpc) is 2.69. The van der Waals surface area contributed by atoms with Crippen molar-refractivity contribution in [2.75, 3.05) is 18.9 Å². The van der Waals surface area contributed by atoms with Crippen LogP contribution in [0.3, 0.4) is 0 Å². The largest absolute Gasteiger partial charge is 0.383 e. The second-order valence-corrected chi connectivity index (χ2v) is 3.88. The number of ether oxygens (including phenoxy) is 1. The molecule has 0 radical (unpaired) electrons. The number of aromatic nitrogens is 2. The van der Waals surface area contributed by atoms with Gasteiger partial charge in [0.05, 0.1) is 4.47 Å². The van der Waals surface area contributed by atoms with E-state index >= 15 is 0 Å². The minimum Gasteiger partial charge on any atom is -0.383 e. The Morgan fingerprint density at radius 3 is 2.43 bits per heavy atom. The molecule has 1 aliphatic heterocycles. The lowest BCUT2D eigenvalue weighted by Crippen LogP contribution is -1.92. The molecule has 4 nitrogen and oxygen atoms in total. The number of nitrogens with two attached hydrogens (primary N) is 1. The third-order valence-electron chi connectivity index (χ3n) is 1.57. The lowest BCUT2D eigenvalue weighted by atomic mass is 10.4. The van der Waals surface area contributed by atoms with Crippen molar-refractivity contribution in [2.45, 2.75) is 12.8 Å². The molecule has 78 valence electrons. The van der Waals surface area contributed by atoms with Gasteiger partial charge < -0.3 is 10.5 Å². The maximum Gasteiger partial charge on any atom is 0.224 e. The Morgan fingerprint density at radius 1 is 1.43 bits per heavy atom. The van der Waals surface area contributed by atoms with Crippen LogP contribution in [0.4, 0.5) is 5.82 Å². The highest BCUT2D eigenvalue weighted by Crippen LogP contribution is 2.15. The van der Waals surface area contributed by atoms with Crippen LogP contribution in [0.5, 0.6) is 0 Å². The van der Waals surface area contributed by atoms with Gasteiger partial charge in [-0.05, 0) is 40.4 Å². The summed E-state index contributed by atoms with van der Waals surface area (Å²) in [6, 6.07) is 0. The van der Waals surface area contributed by atoms with Gasteiger partial charge in [-0.1, -0.05) is 0 Å². The molecule has 2 N–H and O–H groups in total. The Kier molecular flexibility index (Phi) is 5.14. The summed E-state index contributed by atoms with van der Waals surface area (Å²) >= 11 is 8.51. The van der Waals surface area contributed by atoms with Crippen molar-refractivity contribution in [2.24, 2.45) is 0 Å². The lowest BCUT2D eigenvalue weighted by molar-refractivity contribution is 0.198. The maximum absolute atomic E-state index is 5.39. The van der Waals surface area contributed by atoms with Gasteiger partial charge in [-0.3, -0.25) is 0 Å². The van der Waals surface area contributed by atoms with Gasteiger partial charge in [0.25, 0.3) is 0 Å².